The molecule has 0 fully saturated rings. The van der Waals surface area contributed by atoms with Crippen molar-refractivity contribution in [2.24, 2.45) is 4.99 Å². The fourth-order valence-corrected chi connectivity index (χ4v) is 3.53. The number of fused-ring (bicyclic) bond motifs is 1. The summed E-state index contributed by atoms with van der Waals surface area (Å²) in [6.45, 7) is 0.172. The zero-order valence-corrected chi connectivity index (χ0v) is 13.7. The number of hydrogen-bond acceptors (Lipinski definition) is 2. The number of nitrogens with zero attached hydrogens (tertiary/aromatic N) is 2. The number of halogens is 1. The number of rotatable bonds is 4. The van der Waals surface area contributed by atoms with E-state index in [0.29, 0.717) is 23.2 Å². The summed E-state index contributed by atoms with van der Waals surface area (Å²) < 4.78 is 16.4. The topological polar surface area (TPSA) is 34.4 Å². The van der Waals surface area contributed by atoms with E-state index < -0.39 is 0 Å². The third kappa shape index (κ3) is 3.44. The molecule has 1 amide bonds. The second kappa shape index (κ2) is 7.24. The van der Waals surface area contributed by atoms with Crippen molar-refractivity contribution in [3.63, 3.8) is 0 Å². The Hall–Kier alpha value is -2.71. The van der Waals surface area contributed by atoms with Crippen LogP contribution in [0.25, 0.3) is 10.2 Å². The molecule has 0 saturated heterocycles. The Bertz CT molecular complexity index is 980. The number of terminal acetylenes is 1. The first kappa shape index (κ1) is 16.2. The molecule has 120 valence electrons. The minimum Gasteiger partial charge on any atom is -0.302 e. The van der Waals surface area contributed by atoms with Crippen molar-refractivity contribution in [3.8, 4) is 12.3 Å². The van der Waals surface area contributed by atoms with Gasteiger partial charge in [0.2, 0.25) is 5.91 Å². The molecule has 0 atom stereocenters. The van der Waals surface area contributed by atoms with Gasteiger partial charge in [0.25, 0.3) is 0 Å². The third-order valence-corrected chi connectivity index (χ3v) is 4.64. The number of amides is 1. The molecule has 1 heterocycles. The minimum absolute atomic E-state index is 0.172. The molecule has 2 aromatic carbocycles. The van der Waals surface area contributed by atoms with Crippen LogP contribution in [-0.4, -0.2) is 10.5 Å². The van der Waals surface area contributed by atoms with Crippen LogP contribution in [0.15, 0.2) is 53.5 Å². The van der Waals surface area contributed by atoms with Crippen molar-refractivity contribution in [1.29, 1.82) is 0 Å². The number of carbonyl (C=O) groups is 1. The second-order valence-electron chi connectivity index (χ2n) is 5.25. The van der Waals surface area contributed by atoms with Gasteiger partial charge >= 0.3 is 0 Å². The summed E-state index contributed by atoms with van der Waals surface area (Å²) in [4.78, 5) is 16.8. The Kier molecular flexibility index (Phi) is 4.88. The molecule has 3 nitrogen and oxygen atoms in total. The molecule has 0 aliphatic carbocycles. The second-order valence-corrected chi connectivity index (χ2v) is 6.26. The highest BCUT2D eigenvalue weighted by atomic mass is 32.1. The fraction of sp³-hybridized carbons (Fsp3) is 0.158. The van der Waals surface area contributed by atoms with Gasteiger partial charge in [0.1, 0.15) is 5.82 Å². The smallest absolute Gasteiger partial charge is 0.248 e. The average Bonchev–Trinajstić information content (AvgIpc) is 2.93. The lowest BCUT2D eigenvalue weighted by Gasteiger charge is -2.01. The van der Waals surface area contributed by atoms with Gasteiger partial charge in [0, 0.05) is 6.42 Å². The lowest BCUT2D eigenvalue weighted by atomic mass is 10.1. The first-order valence-corrected chi connectivity index (χ1v) is 8.33. The molecule has 0 aliphatic heterocycles. The van der Waals surface area contributed by atoms with Crippen LogP contribution >= 0.6 is 11.3 Å². The maximum Gasteiger partial charge on any atom is 0.248 e. The number of benzene rings is 2. The normalized spacial score (nSPS) is 11.6. The van der Waals surface area contributed by atoms with Crippen molar-refractivity contribution < 1.29 is 9.18 Å². The third-order valence-electron chi connectivity index (χ3n) is 3.59. The molecule has 3 rings (SSSR count). The zero-order valence-electron chi connectivity index (χ0n) is 12.9. The molecule has 24 heavy (non-hydrogen) atoms. The van der Waals surface area contributed by atoms with Crippen molar-refractivity contribution in [1.82, 2.24) is 4.57 Å². The van der Waals surface area contributed by atoms with Crippen LogP contribution in [0.2, 0.25) is 0 Å². The molecule has 0 N–H and O–H groups in total. The highest BCUT2D eigenvalue weighted by Gasteiger charge is 2.11. The van der Waals surface area contributed by atoms with E-state index in [1.807, 2.05) is 30.3 Å². The summed E-state index contributed by atoms with van der Waals surface area (Å²) in [5, 5.41) is 0. The average molecular weight is 338 g/mol. The van der Waals surface area contributed by atoms with E-state index in [1.165, 1.54) is 17.4 Å². The molecular weight excluding hydrogens is 323 g/mol. The van der Waals surface area contributed by atoms with Gasteiger partial charge < -0.3 is 4.57 Å². The lowest BCUT2D eigenvalue weighted by Crippen LogP contribution is -2.17. The van der Waals surface area contributed by atoms with E-state index in [9.17, 15) is 9.18 Å². The summed E-state index contributed by atoms with van der Waals surface area (Å²) in [7, 11) is 0. The number of carbonyl (C=O) groups excluding carboxylic acids is 1. The largest absolute Gasteiger partial charge is 0.302 e. The van der Waals surface area contributed by atoms with Crippen LogP contribution in [0.5, 0.6) is 0 Å². The van der Waals surface area contributed by atoms with Gasteiger partial charge in [-0.2, -0.15) is 4.99 Å². The molecule has 0 bridgehead atoms. The summed E-state index contributed by atoms with van der Waals surface area (Å²) in [5.41, 5.74) is 1.48. The molecule has 0 radical (unpaired) electrons. The zero-order chi connectivity index (χ0) is 16.9. The highest BCUT2D eigenvalue weighted by Crippen LogP contribution is 2.20. The van der Waals surface area contributed by atoms with E-state index in [-0.39, 0.29) is 18.3 Å². The monoisotopic (exact) mass is 338 g/mol. The van der Waals surface area contributed by atoms with Gasteiger partial charge in [-0.05, 0) is 24.1 Å². The van der Waals surface area contributed by atoms with Crippen LogP contribution in [0.3, 0.4) is 0 Å². The minimum atomic E-state index is -0.364. The molecule has 1 aromatic heterocycles. The standard InChI is InChI=1S/C19H15FN2OS/c1-2-13-22-18-15(20)9-6-10-16(18)24-19(22)21-17(23)12-11-14-7-4-3-5-8-14/h1,3-10H,11-13H2. The van der Waals surface area contributed by atoms with E-state index in [4.69, 9.17) is 6.42 Å². The Balaban J connectivity index is 1.91. The van der Waals surface area contributed by atoms with Gasteiger partial charge in [-0.1, -0.05) is 53.7 Å². The molecular formula is C19H15FN2OS. The molecule has 0 saturated carbocycles. The van der Waals surface area contributed by atoms with Crippen LogP contribution in [0.1, 0.15) is 12.0 Å². The van der Waals surface area contributed by atoms with Crippen molar-refractivity contribution >= 4 is 27.5 Å². The van der Waals surface area contributed by atoms with Gasteiger partial charge in [-0.15, -0.1) is 6.42 Å². The van der Waals surface area contributed by atoms with Gasteiger partial charge in [0.15, 0.2) is 4.80 Å². The van der Waals surface area contributed by atoms with Gasteiger partial charge in [-0.25, -0.2) is 4.39 Å². The van der Waals surface area contributed by atoms with Crippen LogP contribution in [0.4, 0.5) is 4.39 Å². The SMILES string of the molecule is C#CCn1c(=NC(=O)CCc2ccccc2)sc2cccc(F)c21. The first-order valence-electron chi connectivity index (χ1n) is 7.52. The number of hydrogen-bond donors (Lipinski definition) is 0. The molecule has 0 unspecified atom stereocenters. The lowest BCUT2D eigenvalue weighted by molar-refractivity contribution is -0.118. The Morgan fingerprint density at radius 1 is 1.21 bits per heavy atom. The summed E-state index contributed by atoms with van der Waals surface area (Å²) in [6, 6.07) is 14.6. The number of aromatic nitrogens is 1. The Morgan fingerprint density at radius 3 is 2.75 bits per heavy atom. The molecule has 5 heteroatoms. The summed E-state index contributed by atoms with van der Waals surface area (Å²) in [5.74, 6) is 1.89. The van der Waals surface area contributed by atoms with Gasteiger partial charge in [0.05, 0.1) is 16.8 Å². The molecule has 0 aliphatic rings. The number of thiazole rings is 1. The predicted octanol–water partition coefficient (Wildman–Crippen LogP) is 3.54. The number of para-hydroxylation sites is 1. The quantitative estimate of drug-likeness (QED) is 0.670. The van der Waals surface area contributed by atoms with Gasteiger partial charge in [-0.3, -0.25) is 4.79 Å². The summed E-state index contributed by atoms with van der Waals surface area (Å²) in [6.07, 6.45) is 6.30. The molecule has 0 spiro atoms. The number of aryl methyl sites for hydroxylation is 1. The molecule has 3 aromatic rings. The van der Waals surface area contributed by atoms with Crippen LogP contribution in [0, 0.1) is 18.2 Å². The Morgan fingerprint density at radius 2 is 2.00 bits per heavy atom. The van der Waals surface area contributed by atoms with Crippen LogP contribution in [-0.2, 0) is 17.8 Å². The van der Waals surface area contributed by atoms with Crippen LogP contribution < -0.4 is 4.80 Å². The van der Waals surface area contributed by atoms with E-state index in [0.717, 1.165) is 10.3 Å². The predicted molar refractivity (Wildman–Crippen MR) is 93.9 cm³/mol. The highest BCUT2D eigenvalue weighted by molar-refractivity contribution is 7.16. The Labute approximate surface area is 143 Å². The van der Waals surface area contributed by atoms with Crippen molar-refractivity contribution in [2.45, 2.75) is 19.4 Å². The van der Waals surface area contributed by atoms with E-state index in [1.54, 1.807) is 16.7 Å². The maximum atomic E-state index is 14.1. The van der Waals surface area contributed by atoms with Crippen molar-refractivity contribution in [2.75, 3.05) is 0 Å². The van der Waals surface area contributed by atoms with E-state index in [2.05, 4.69) is 10.9 Å². The van der Waals surface area contributed by atoms with E-state index >= 15 is 0 Å². The fourth-order valence-electron chi connectivity index (χ4n) is 2.47. The first-order chi connectivity index (χ1) is 11.7. The van der Waals surface area contributed by atoms with Crippen molar-refractivity contribution in [3.05, 3.63) is 64.7 Å². The maximum absolute atomic E-state index is 14.1. The summed E-state index contributed by atoms with van der Waals surface area (Å²) >= 11 is 1.27.